The van der Waals surface area contributed by atoms with E-state index in [0.29, 0.717) is 6.42 Å². The summed E-state index contributed by atoms with van der Waals surface area (Å²) < 4.78 is 7.70. The number of benzene rings is 1. The maximum atomic E-state index is 12.9. The van der Waals surface area contributed by atoms with Crippen molar-refractivity contribution in [2.24, 2.45) is 7.05 Å². The monoisotopic (exact) mass is 340 g/mol. The normalized spacial score (nSPS) is 20.8. The van der Waals surface area contributed by atoms with E-state index in [2.05, 4.69) is 16.2 Å². The molecule has 1 fully saturated rings. The van der Waals surface area contributed by atoms with Crippen LogP contribution in [0.15, 0.2) is 36.7 Å². The number of aryl methyl sites for hydroxylation is 1. The minimum absolute atomic E-state index is 0.124. The number of nitrogens with zero attached hydrogens (tertiary/aromatic N) is 4. The summed E-state index contributed by atoms with van der Waals surface area (Å²) in [7, 11) is 1.94. The Morgan fingerprint density at radius 3 is 2.92 bits per heavy atom. The average molecular weight is 340 g/mol. The maximum Gasteiger partial charge on any atom is 0.264 e. The van der Waals surface area contributed by atoms with E-state index in [1.807, 2.05) is 47.1 Å². The number of fused-ring (bicyclic) bond motifs is 1. The summed E-state index contributed by atoms with van der Waals surface area (Å²) in [6.45, 7) is 4.35. The topological polar surface area (TPSA) is 50.6 Å². The Morgan fingerprint density at radius 1 is 1.24 bits per heavy atom. The first kappa shape index (κ1) is 16.1. The van der Waals surface area contributed by atoms with Gasteiger partial charge in [0.05, 0.1) is 6.20 Å². The Balaban J connectivity index is 1.34. The third-order valence-corrected chi connectivity index (χ3v) is 4.99. The first-order valence-corrected chi connectivity index (χ1v) is 8.92. The molecule has 0 radical (unpaired) electrons. The van der Waals surface area contributed by atoms with E-state index in [0.717, 1.165) is 50.5 Å². The predicted molar refractivity (Wildman–Crippen MR) is 94.2 cm³/mol. The van der Waals surface area contributed by atoms with E-state index >= 15 is 0 Å². The van der Waals surface area contributed by atoms with Crippen LogP contribution in [0.25, 0.3) is 0 Å². The summed E-state index contributed by atoms with van der Waals surface area (Å²) in [5.74, 6) is 0.980. The number of carbonyl (C=O) groups is 1. The summed E-state index contributed by atoms with van der Waals surface area (Å²) in [5.41, 5.74) is 2.35. The zero-order valence-corrected chi connectivity index (χ0v) is 14.6. The fourth-order valence-electron chi connectivity index (χ4n) is 3.68. The van der Waals surface area contributed by atoms with Crippen LogP contribution in [0.2, 0.25) is 0 Å². The number of amides is 1. The van der Waals surface area contributed by atoms with Gasteiger partial charge in [-0.3, -0.25) is 14.4 Å². The molecule has 0 unspecified atom stereocenters. The molecule has 0 saturated carbocycles. The molecule has 2 aromatic rings. The molecule has 1 aromatic carbocycles. The van der Waals surface area contributed by atoms with Crippen molar-refractivity contribution in [3.8, 4) is 5.75 Å². The van der Waals surface area contributed by atoms with Crippen LogP contribution in [0, 0.1) is 0 Å². The predicted octanol–water partition coefficient (Wildman–Crippen LogP) is 1.46. The first-order chi connectivity index (χ1) is 12.2. The van der Waals surface area contributed by atoms with Crippen molar-refractivity contribution >= 4 is 5.91 Å². The second kappa shape index (κ2) is 6.88. The fraction of sp³-hybridized carbons (Fsp3) is 0.474. The highest BCUT2D eigenvalue weighted by atomic mass is 16.5. The van der Waals surface area contributed by atoms with Crippen molar-refractivity contribution in [2.45, 2.75) is 25.5 Å². The van der Waals surface area contributed by atoms with Gasteiger partial charge < -0.3 is 9.64 Å². The SMILES string of the molecule is Cn1cc(CN2CCCN(C(=O)[C@@H]3Cc4ccccc4O3)CC2)cn1. The number of aromatic nitrogens is 2. The van der Waals surface area contributed by atoms with Gasteiger partial charge >= 0.3 is 0 Å². The molecule has 1 amide bonds. The molecular formula is C19H24N4O2. The van der Waals surface area contributed by atoms with Crippen LogP contribution in [0.3, 0.4) is 0 Å². The second-order valence-electron chi connectivity index (χ2n) is 6.90. The van der Waals surface area contributed by atoms with E-state index in [4.69, 9.17) is 4.74 Å². The van der Waals surface area contributed by atoms with Crippen LogP contribution in [0.5, 0.6) is 5.75 Å². The van der Waals surface area contributed by atoms with Gasteiger partial charge in [0.25, 0.3) is 5.91 Å². The maximum absolute atomic E-state index is 12.9. The van der Waals surface area contributed by atoms with Gasteiger partial charge in [0.2, 0.25) is 0 Å². The molecule has 2 aliphatic rings. The minimum Gasteiger partial charge on any atom is -0.480 e. The van der Waals surface area contributed by atoms with E-state index in [1.54, 1.807) is 0 Å². The van der Waals surface area contributed by atoms with E-state index in [-0.39, 0.29) is 12.0 Å². The summed E-state index contributed by atoms with van der Waals surface area (Å²) >= 11 is 0. The van der Waals surface area contributed by atoms with Crippen LogP contribution in [-0.4, -0.2) is 57.8 Å². The van der Waals surface area contributed by atoms with Crippen LogP contribution < -0.4 is 4.74 Å². The van der Waals surface area contributed by atoms with E-state index in [9.17, 15) is 4.79 Å². The molecule has 25 heavy (non-hydrogen) atoms. The lowest BCUT2D eigenvalue weighted by atomic mass is 10.1. The Kier molecular flexibility index (Phi) is 4.44. The molecule has 1 atom stereocenters. The van der Waals surface area contributed by atoms with Gasteiger partial charge in [-0.05, 0) is 18.1 Å². The van der Waals surface area contributed by atoms with Crippen molar-refractivity contribution < 1.29 is 9.53 Å². The van der Waals surface area contributed by atoms with Crippen LogP contribution >= 0.6 is 0 Å². The Morgan fingerprint density at radius 2 is 2.12 bits per heavy atom. The van der Waals surface area contributed by atoms with Crippen molar-refractivity contribution in [1.82, 2.24) is 19.6 Å². The summed E-state index contributed by atoms with van der Waals surface area (Å²) in [4.78, 5) is 17.2. The zero-order chi connectivity index (χ0) is 17.2. The molecular weight excluding hydrogens is 316 g/mol. The van der Waals surface area contributed by atoms with Gasteiger partial charge in [0.1, 0.15) is 5.75 Å². The number of hydrogen-bond acceptors (Lipinski definition) is 4. The molecule has 6 nitrogen and oxygen atoms in total. The third kappa shape index (κ3) is 3.54. The van der Waals surface area contributed by atoms with Crippen molar-refractivity contribution in [1.29, 1.82) is 0 Å². The van der Waals surface area contributed by atoms with Crippen LogP contribution in [0.4, 0.5) is 0 Å². The van der Waals surface area contributed by atoms with Gasteiger partial charge in [0, 0.05) is 58.0 Å². The quantitative estimate of drug-likeness (QED) is 0.849. The largest absolute Gasteiger partial charge is 0.480 e. The fourth-order valence-corrected chi connectivity index (χ4v) is 3.68. The lowest BCUT2D eigenvalue weighted by molar-refractivity contribution is -0.137. The molecule has 2 aliphatic heterocycles. The highest BCUT2D eigenvalue weighted by molar-refractivity contribution is 5.82. The molecule has 0 bridgehead atoms. The summed E-state index contributed by atoms with van der Waals surface area (Å²) in [5, 5.41) is 4.23. The minimum atomic E-state index is -0.359. The molecule has 6 heteroatoms. The summed E-state index contributed by atoms with van der Waals surface area (Å²) in [6.07, 6.45) is 5.29. The average Bonchev–Trinajstić information content (AvgIpc) is 3.15. The Hall–Kier alpha value is -2.34. The molecule has 0 aliphatic carbocycles. The van der Waals surface area contributed by atoms with Crippen LogP contribution in [0.1, 0.15) is 17.5 Å². The van der Waals surface area contributed by atoms with Crippen molar-refractivity contribution in [3.63, 3.8) is 0 Å². The summed E-state index contributed by atoms with van der Waals surface area (Å²) in [6, 6.07) is 7.94. The number of rotatable bonds is 3. The number of hydrogen-bond donors (Lipinski definition) is 0. The van der Waals surface area contributed by atoms with Gasteiger partial charge in [0.15, 0.2) is 6.10 Å². The highest BCUT2D eigenvalue weighted by Gasteiger charge is 2.32. The van der Waals surface area contributed by atoms with E-state index < -0.39 is 0 Å². The highest BCUT2D eigenvalue weighted by Crippen LogP contribution is 2.29. The van der Waals surface area contributed by atoms with Gasteiger partial charge in [-0.2, -0.15) is 5.10 Å². The molecule has 1 aromatic heterocycles. The molecule has 4 rings (SSSR count). The lowest BCUT2D eigenvalue weighted by Crippen LogP contribution is -2.43. The standard InChI is InChI=1S/C19H24N4O2/c1-21-13-15(12-20-21)14-22-7-4-8-23(10-9-22)19(24)18-11-16-5-2-3-6-17(16)25-18/h2-3,5-6,12-13,18H,4,7-11,14H2,1H3/t18-/m0/s1. The Bertz CT molecular complexity index is 732. The van der Waals surface area contributed by atoms with Crippen LogP contribution in [-0.2, 0) is 24.8 Å². The molecule has 3 heterocycles. The molecule has 0 spiro atoms. The third-order valence-electron chi connectivity index (χ3n) is 4.99. The number of ether oxygens (including phenoxy) is 1. The number of para-hydroxylation sites is 1. The van der Waals surface area contributed by atoms with Gasteiger partial charge in [-0.15, -0.1) is 0 Å². The Labute approximate surface area is 148 Å². The molecule has 0 N–H and O–H groups in total. The molecule has 1 saturated heterocycles. The first-order valence-electron chi connectivity index (χ1n) is 8.92. The zero-order valence-electron chi connectivity index (χ0n) is 14.6. The van der Waals surface area contributed by atoms with Crippen molar-refractivity contribution in [2.75, 3.05) is 26.2 Å². The second-order valence-corrected chi connectivity index (χ2v) is 6.90. The van der Waals surface area contributed by atoms with E-state index in [1.165, 1.54) is 5.56 Å². The van der Waals surface area contributed by atoms with Crippen molar-refractivity contribution in [3.05, 3.63) is 47.8 Å². The molecule has 132 valence electrons. The smallest absolute Gasteiger partial charge is 0.264 e. The number of carbonyl (C=O) groups excluding carboxylic acids is 1. The lowest BCUT2D eigenvalue weighted by Gasteiger charge is -2.24. The van der Waals surface area contributed by atoms with Gasteiger partial charge in [-0.1, -0.05) is 18.2 Å². The van der Waals surface area contributed by atoms with Gasteiger partial charge in [-0.25, -0.2) is 0 Å².